The molecule has 0 unspecified atom stereocenters. The van der Waals surface area contributed by atoms with Gasteiger partial charge in [0, 0.05) is 17.9 Å². The number of benzene rings is 1. The fraction of sp³-hybridized carbons (Fsp3) is 0.308. The number of morpholine rings is 1. The van der Waals surface area contributed by atoms with Gasteiger partial charge in [-0.2, -0.15) is 18.4 Å². The molecule has 10 heteroatoms. The van der Waals surface area contributed by atoms with Gasteiger partial charge in [-0.15, -0.1) is 0 Å². The molecule has 0 aromatic heterocycles. The minimum atomic E-state index is -5.08. The molecule has 7 nitrogen and oxygen atoms in total. The SMILES string of the molecule is N#Cc1cc(N2CCOCC2=O)ccc1N.O=C(O)C(F)(F)F. The molecule has 124 valence electrons. The number of carboxylic acids is 1. The number of ether oxygens (including phenoxy) is 1. The third-order valence-corrected chi connectivity index (χ3v) is 2.70. The van der Waals surface area contributed by atoms with Crippen molar-refractivity contribution in [2.45, 2.75) is 6.18 Å². The number of nitrogen functional groups attached to an aromatic ring is 1. The Hall–Kier alpha value is -2.80. The summed E-state index contributed by atoms with van der Waals surface area (Å²) in [6.07, 6.45) is -5.08. The molecule has 1 amide bonds. The van der Waals surface area contributed by atoms with Crippen molar-refractivity contribution in [2.24, 2.45) is 0 Å². The lowest BCUT2D eigenvalue weighted by Crippen LogP contribution is -2.41. The van der Waals surface area contributed by atoms with E-state index in [1.807, 2.05) is 6.07 Å². The molecule has 1 heterocycles. The number of carboxylic acid groups (broad SMARTS) is 1. The molecule has 0 radical (unpaired) electrons. The number of anilines is 2. The first-order valence-electron chi connectivity index (χ1n) is 6.14. The summed E-state index contributed by atoms with van der Waals surface area (Å²) >= 11 is 0. The second-order valence-corrected chi connectivity index (χ2v) is 4.28. The first-order valence-corrected chi connectivity index (χ1v) is 6.14. The fourth-order valence-electron chi connectivity index (χ4n) is 1.60. The largest absolute Gasteiger partial charge is 0.490 e. The first-order chi connectivity index (χ1) is 10.7. The number of amides is 1. The third kappa shape index (κ3) is 5.15. The molecule has 2 rings (SSSR count). The molecule has 1 aliphatic heterocycles. The quantitative estimate of drug-likeness (QED) is 0.745. The van der Waals surface area contributed by atoms with Gasteiger partial charge in [-0.1, -0.05) is 0 Å². The van der Waals surface area contributed by atoms with Crippen LogP contribution < -0.4 is 10.6 Å². The van der Waals surface area contributed by atoms with Crippen LogP contribution in [0.4, 0.5) is 24.5 Å². The molecule has 3 N–H and O–H groups in total. The molecule has 0 spiro atoms. The number of aliphatic carboxylic acids is 1. The van der Waals surface area contributed by atoms with E-state index >= 15 is 0 Å². The Morgan fingerprint density at radius 3 is 2.52 bits per heavy atom. The van der Waals surface area contributed by atoms with Crippen molar-refractivity contribution in [3.05, 3.63) is 23.8 Å². The monoisotopic (exact) mass is 331 g/mol. The lowest BCUT2D eigenvalue weighted by molar-refractivity contribution is -0.192. The first kappa shape index (κ1) is 18.2. The van der Waals surface area contributed by atoms with E-state index in [1.54, 1.807) is 23.1 Å². The van der Waals surface area contributed by atoms with E-state index in [4.69, 9.17) is 25.6 Å². The summed E-state index contributed by atoms with van der Waals surface area (Å²) in [5.74, 6) is -2.85. The number of rotatable bonds is 1. The Bertz CT molecular complexity index is 640. The van der Waals surface area contributed by atoms with E-state index in [-0.39, 0.29) is 12.5 Å². The van der Waals surface area contributed by atoms with E-state index < -0.39 is 12.1 Å². The van der Waals surface area contributed by atoms with Crippen molar-refractivity contribution in [2.75, 3.05) is 30.4 Å². The number of hydrogen-bond acceptors (Lipinski definition) is 5. The summed E-state index contributed by atoms with van der Waals surface area (Å²) in [4.78, 5) is 22.1. The number of alkyl halides is 3. The summed E-state index contributed by atoms with van der Waals surface area (Å²) in [5, 5.41) is 16.0. The van der Waals surface area contributed by atoms with Crippen LogP contribution in [-0.4, -0.2) is 42.9 Å². The van der Waals surface area contributed by atoms with E-state index in [1.165, 1.54) is 0 Å². The number of carbonyl (C=O) groups is 2. The summed E-state index contributed by atoms with van der Waals surface area (Å²) in [7, 11) is 0. The van der Waals surface area contributed by atoms with Crippen molar-refractivity contribution in [3.8, 4) is 6.07 Å². The van der Waals surface area contributed by atoms with Crippen molar-refractivity contribution in [1.29, 1.82) is 5.26 Å². The summed E-state index contributed by atoms with van der Waals surface area (Å²) in [6.45, 7) is 1.11. The summed E-state index contributed by atoms with van der Waals surface area (Å²) < 4.78 is 36.8. The van der Waals surface area contributed by atoms with E-state index in [0.717, 1.165) is 0 Å². The maximum Gasteiger partial charge on any atom is 0.490 e. The zero-order chi connectivity index (χ0) is 17.6. The van der Waals surface area contributed by atoms with Gasteiger partial charge in [0.15, 0.2) is 0 Å². The van der Waals surface area contributed by atoms with Crippen LogP contribution in [-0.2, 0) is 14.3 Å². The fourth-order valence-corrected chi connectivity index (χ4v) is 1.60. The van der Waals surface area contributed by atoms with Crippen molar-refractivity contribution < 1.29 is 32.6 Å². The van der Waals surface area contributed by atoms with E-state index in [2.05, 4.69) is 0 Å². The van der Waals surface area contributed by atoms with Gasteiger partial charge in [0.1, 0.15) is 12.7 Å². The molecule has 0 aliphatic carbocycles. The smallest absolute Gasteiger partial charge is 0.475 e. The number of nitriles is 1. The number of carbonyl (C=O) groups excluding carboxylic acids is 1. The lowest BCUT2D eigenvalue weighted by Gasteiger charge is -2.27. The minimum Gasteiger partial charge on any atom is -0.475 e. The number of nitrogens with two attached hydrogens (primary N) is 1. The zero-order valence-electron chi connectivity index (χ0n) is 11.6. The molecule has 1 fully saturated rings. The predicted octanol–water partition coefficient (Wildman–Crippen LogP) is 1.14. The lowest BCUT2D eigenvalue weighted by atomic mass is 10.1. The van der Waals surface area contributed by atoms with Gasteiger partial charge in [-0.05, 0) is 18.2 Å². The van der Waals surface area contributed by atoms with Crippen LogP contribution in [0.1, 0.15) is 5.56 Å². The normalized spacial score (nSPS) is 14.5. The van der Waals surface area contributed by atoms with Crippen LogP contribution in [0.3, 0.4) is 0 Å². The van der Waals surface area contributed by atoms with E-state index in [0.29, 0.717) is 30.1 Å². The summed E-state index contributed by atoms with van der Waals surface area (Å²) in [5.41, 5.74) is 7.12. The number of nitrogens with zero attached hydrogens (tertiary/aromatic N) is 2. The second-order valence-electron chi connectivity index (χ2n) is 4.28. The predicted molar refractivity (Wildman–Crippen MR) is 72.4 cm³/mol. The Labute approximate surface area is 128 Å². The molecule has 0 bridgehead atoms. The molecule has 0 saturated carbocycles. The molecular weight excluding hydrogens is 319 g/mol. The maximum absolute atomic E-state index is 11.6. The average Bonchev–Trinajstić information content (AvgIpc) is 2.48. The molecule has 1 aromatic carbocycles. The molecule has 0 atom stereocenters. The average molecular weight is 331 g/mol. The van der Waals surface area contributed by atoms with Crippen LogP contribution in [0.5, 0.6) is 0 Å². The highest BCUT2D eigenvalue weighted by Gasteiger charge is 2.38. The Morgan fingerprint density at radius 1 is 1.43 bits per heavy atom. The van der Waals surface area contributed by atoms with Gasteiger partial charge in [-0.3, -0.25) is 4.79 Å². The molecule has 1 aromatic rings. The molecule has 23 heavy (non-hydrogen) atoms. The highest BCUT2D eigenvalue weighted by Crippen LogP contribution is 2.21. The van der Waals surface area contributed by atoms with Gasteiger partial charge in [0.2, 0.25) is 0 Å². The van der Waals surface area contributed by atoms with Gasteiger partial charge in [0.25, 0.3) is 5.91 Å². The second kappa shape index (κ2) is 7.46. The van der Waals surface area contributed by atoms with Gasteiger partial charge in [-0.25, -0.2) is 4.79 Å². The van der Waals surface area contributed by atoms with Crippen molar-refractivity contribution in [1.82, 2.24) is 0 Å². The van der Waals surface area contributed by atoms with Crippen LogP contribution in [0.15, 0.2) is 18.2 Å². The van der Waals surface area contributed by atoms with Crippen LogP contribution >= 0.6 is 0 Å². The van der Waals surface area contributed by atoms with Crippen LogP contribution in [0.2, 0.25) is 0 Å². The van der Waals surface area contributed by atoms with Gasteiger partial charge in [0.05, 0.1) is 12.2 Å². The minimum absolute atomic E-state index is 0.0895. The van der Waals surface area contributed by atoms with Crippen molar-refractivity contribution >= 4 is 23.3 Å². The Balaban J connectivity index is 0.000000322. The van der Waals surface area contributed by atoms with Crippen molar-refractivity contribution in [3.63, 3.8) is 0 Å². The van der Waals surface area contributed by atoms with Crippen LogP contribution in [0.25, 0.3) is 0 Å². The van der Waals surface area contributed by atoms with Crippen LogP contribution in [0, 0.1) is 11.3 Å². The van der Waals surface area contributed by atoms with E-state index in [9.17, 15) is 18.0 Å². The number of hydrogen-bond donors (Lipinski definition) is 2. The maximum atomic E-state index is 11.6. The topological polar surface area (TPSA) is 117 Å². The third-order valence-electron chi connectivity index (χ3n) is 2.70. The van der Waals surface area contributed by atoms with Gasteiger partial charge < -0.3 is 20.5 Å². The summed E-state index contributed by atoms with van der Waals surface area (Å²) in [6, 6.07) is 6.99. The Morgan fingerprint density at radius 2 is 2.04 bits per heavy atom. The highest BCUT2D eigenvalue weighted by atomic mass is 19.4. The molecular formula is C13H12F3N3O4. The van der Waals surface area contributed by atoms with Gasteiger partial charge >= 0.3 is 12.1 Å². The Kier molecular flexibility index (Phi) is 5.92. The number of halogens is 3. The molecule has 1 saturated heterocycles. The zero-order valence-corrected chi connectivity index (χ0v) is 11.6. The standard InChI is InChI=1S/C11H11N3O2.C2HF3O2/c12-6-8-5-9(1-2-10(8)13)14-3-4-16-7-11(14)15;3-2(4,5)1(6)7/h1-2,5H,3-4,7,13H2;(H,6,7). The molecule has 1 aliphatic rings. The highest BCUT2D eigenvalue weighted by molar-refractivity contribution is 5.95.